The Kier molecular flexibility index (Phi) is 7.62. The summed E-state index contributed by atoms with van der Waals surface area (Å²) in [7, 11) is 0. The Morgan fingerprint density at radius 2 is 1.93 bits per heavy atom. The van der Waals surface area contributed by atoms with E-state index in [2.05, 4.69) is 48.9 Å². The number of aromatic nitrogens is 3. The smallest absolute Gasteiger partial charge is 0.182 e. The van der Waals surface area contributed by atoms with Gasteiger partial charge < -0.3 is 4.98 Å². The number of H-pyrrole nitrogens is 1. The number of aromatic amines is 1. The lowest BCUT2D eigenvalue weighted by Gasteiger charge is -2.17. The molecule has 2 heterocycles. The average Bonchev–Trinajstić information content (AvgIpc) is 3.11. The summed E-state index contributed by atoms with van der Waals surface area (Å²) in [6.07, 6.45) is 4.53. The second-order valence-corrected chi connectivity index (χ2v) is 7.41. The second kappa shape index (κ2) is 9.74. The van der Waals surface area contributed by atoms with Crippen molar-refractivity contribution in [3.8, 4) is 16.9 Å². The summed E-state index contributed by atoms with van der Waals surface area (Å²) in [5.41, 5.74) is 7.64. The van der Waals surface area contributed by atoms with Gasteiger partial charge in [0, 0.05) is 23.7 Å². The number of benzene rings is 1. The number of imidazole rings is 1. The van der Waals surface area contributed by atoms with Gasteiger partial charge in [0.05, 0.1) is 11.4 Å². The largest absolute Gasteiger partial charge is 0.336 e. The Labute approximate surface area is 178 Å². The van der Waals surface area contributed by atoms with Crippen LogP contribution in [-0.2, 0) is 6.42 Å². The van der Waals surface area contributed by atoms with Crippen molar-refractivity contribution in [3.63, 3.8) is 0 Å². The van der Waals surface area contributed by atoms with Crippen molar-refractivity contribution in [2.45, 2.75) is 60.8 Å². The molecule has 2 aromatic heterocycles. The molecule has 0 aliphatic carbocycles. The number of pyridine rings is 1. The molecule has 0 bridgehead atoms. The number of aryl methyl sites for hydroxylation is 2. The molecule has 1 aromatic carbocycles. The van der Waals surface area contributed by atoms with E-state index in [1.54, 1.807) is 6.20 Å². The van der Waals surface area contributed by atoms with E-state index >= 15 is 0 Å². The molecule has 6 heteroatoms. The first-order valence-corrected chi connectivity index (χ1v) is 10.5. The fourth-order valence-electron chi connectivity index (χ4n) is 3.40. The Morgan fingerprint density at radius 3 is 2.52 bits per heavy atom. The molecule has 5 nitrogen and oxygen atoms in total. The third-order valence-electron chi connectivity index (χ3n) is 5.07. The fourth-order valence-corrected chi connectivity index (χ4v) is 3.65. The molecule has 3 rings (SSSR count). The first-order chi connectivity index (χ1) is 13.9. The SMILES string of the molecule is CC.CCc1cc(N=O)c(C(C)C)cc1-c1c[nH]c(=S)n1-c1ccnc(C)c1C. The Hall–Kier alpha value is -2.60. The minimum Gasteiger partial charge on any atom is -0.336 e. The second-order valence-electron chi connectivity index (χ2n) is 7.02. The number of nitroso groups, excluding NO2 is 1. The normalized spacial score (nSPS) is 10.6. The van der Waals surface area contributed by atoms with E-state index in [9.17, 15) is 4.91 Å². The van der Waals surface area contributed by atoms with Gasteiger partial charge in [-0.05, 0) is 78.5 Å². The van der Waals surface area contributed by atoms with Crippen LogP contribution in [0, 0.1) is 23.5 Å². The fraction of sp³-hybridized carbons (Fsp3) is 0.391. The molecule has 1 N–H and O–H groups in total. The molecule has 0 saturated heterocycles. The van der Waals surface area contributed by atoms with Crippen molar-refractivity contribution in [2.24, 2.45) is 5.18 Å². The van der Waals surface area contributed by atoms with Gasteiger partial charge >= 0.3 is 0 Å². The lowest BCUT2D eigenvalue weighted by atomic mass is 9.93. The van der Waals surface area contributed by atoms with E-state index in [1.165, 1.54) is 0 Å². The average molecular weight is 411 g/mol. The molecule has 0 aliphatic rings. The van der Waals surface area contributed by atoms with Gasteiger partial charge in [-0.25, -0.2) is 0 Å². The quantitative estimate of drug-likeness (QED) is 0.354. The lowest BCUT2D eigenvalue weighted by molar-refractivity contribution is 0.864. The van der Waals surface area contributed by atoms with E-state index in [1.807, 2.05) is 43.7 Å². The molecule has 29 heavy (non-hydrogen) atoms. The van der Waals surface area contributed by atoms with Gasteiger partial charge in [0.25, 0.3) is 0 Å². The van der Waals surface area contributed by atoms with Crippen molar-refractivity contribution in [3.05, 3.63) is 62.7 Å². The molecule has 3 aromatic rings. The van der Waals surface area contributed by atoms with Crippen LogP contribution in [0.1, 0.15) is 62.9 Å². The van der Waals surface area contributed by atoms with Gasteiger partial charge in [-0.3, -0.25) is 9.55 Å². The molecule has 154 valence electrons. The van der Waals surface area contributed by atoms with Crippen molar-refractivity contribution >= 4 is 17.9 Å². The molecule has 0 amide bonds. The maximum atomic E-state index is 11.3. The highest BCUT2D eigenvalue weighted by atomic mass is 32.1. The molecular weight excluding hydrogens is 380 g/mol. The highest BCUT2D eigenvalue weighted by Crippen LogP contribution is 2.36. The van der Waals surface area contributed by atoms with Gasteiger partial charge in [0.15, 0.2) is 4.77 Å². The van der Waals surface area contributed by atoms with Gasteiger partial charge in [0.1, 0.15) is 5.69 Å². The highest BCUT2D eigenvalue weighted by molar-refractivity contribution is 7.71. The summed E-state index contributed by atoms with van der Waals surface area (Å²) in [6, 6.07) is 5.96. The summed E-state index contributed by atoms with van der Waals surface area (Å²) in [4.78, 5) is 18.9. The van der Waals surface area contributed by atoms with Gasteiger partial charge in [-0.1, -0.05) is 34.6 Å². The zero-order valence-corrected chi connectivity index (χ0v) is 19.1. The predicted octanol–water partition coefficient (Wildman–Crippen LogP) is 7.32. The molecule has 0 aliphatic heterocycles. The third-order valence-corrected chi connectivity index (χ3v) is 5.37. The molecule has 0 spiro atoms. The third kappa shape index (κ3) is 4.37. The summed E-state index contributed by atoms with van der Waals surface area (Å²) in [6.45, 7) is 14.3. The van der Waals surface area contributed by atoms with Crippen LogP contribution in [0.4, 0.5) is 5.69 Å². The van der Waals surface area contributed by atoms with Crippen LogP contribution in [0.15, 0.2) is 35.8 Å². The molecule has 0 unspecified atom stereocenters. The van der Waals surface area contributed by atoms with Crippen LogP contribution in [0.25, 0.3) is 16.9 Å². The topological polar surface area (TPSA) is 63.0 Å². The van der Waals surface area contributed by atoms with Crippen LogP contribution in [0.5, 0.6) is 0 Å². The van der Waals surface area contributed by atoms with Crippen molar-refractivity contribution < 1.29 is 0 Å². The number of rotatable bonds is 5. The number of nitrogens with one attached hydrogen (secondary N) is 1. The zero-order valence-electron chi connectivity index (χ0n) is 18.3. The minimum atomic E-state index is 0.197. The van der Waals surface area contributed by atoms with Crippen LogP contribution in [0.2, 0.25) is 0 Å². The van der Waals surface area contributed by atoms with Crippen molar-refractivity contribution in [1.82, 2.24) is 14.5 Å². The monoisotopic (exact) mass is 410 g/mol. The summed E-state index contributed by atoms with van der Waals surface area (Å²) >= 11 is 5.59. The lowest BCUT2D eigenvalue weighted by Crippen LogP contribution is -2.04. The highest BCUT2D eigenvalue weighted by Gasteiger charge is 2.18. The van der Waals surface area contributed by atoms with Gasteiger partial charge in [0.2, 0.25) is 0 Å². The molecule has 0 saturated carbocycles. The van der Waals surface area contributed by atoms with Crippen LogP contribution in [-0.4, -0.2) is 14.5 Å². The Bertz CT molecular complexity index is 1060. The van der Waals surface area contributed by atoms with Crippen LogP contribution < -0.4 is 0 Å². The molecule has 0 atom stereocenters. The Morgan fingerprint density at radius 1 is 1.24 bits per heavy atom. The summed E-state index contributed by atoms with van der Waals surface area (Å²) in [5, 5.41) is 3.25. The molecule has 0 radical (unpaired) electrons. The van der Waals surface area contributed by atoms with E-state index in [4.69, 9.17) is 12.2 Å². The first-order valence-electron chi connectivity index (χ1n) is 10.1. The van der Waals surface area contributed by atoms with Crippen LogP contribution in [0.3, 0.4) is 0 Å². The van der Waals surface area contributed by atoms with Crippen molar-refractivity contribution in [2.75, 3.05) is 0 Å². The predicted molar refractivity (Wildman–Crippen MR) is 124 cm³/mol. The maximum Gasteiger partial charge on any atom is 0.182 e. The summed E-state index contributed by atoms with van der Waals surface area (Å²) in [5.74, 6) is 0.197. The van der Waals surface area contributed by atoms with Gasteiger partial charge in [-0.2, -0.15) is 0 Å². The van der Waals surface area contributed by atoms with E-state index in [0.717, 1.165) is 45.7 Å². The Balaban J connectivity index is 0.00000145. The summed E-state index contributed by atoms with van der Waals surface area (Å²) < 4.78 is 2.68. The van der Waals surface area contributed by atoms with Gasteiger partial charge in [-0.15, -0.1) is 4.91 Å². The molecular formula is C23H30N4OS. The van der Waals surface area contributed by atoms with Crippen LogP contribution >= 0.6 is 12.2 Å². The first kappa shape index (κ1) is 22.7. The maximum absolute atomic E-state index is 11.3. The van der Waals surface area contributed by atoms with Crippen molar-refractivity contribution in [1.29, 1.82) is 0 Å². The van der Waals surface area contributed by atoms with E-state index in [0.29, 0.717) is 10.5 Å². The number of nitrogens with zero attached hydrogens (tertiary/aromatic N) is 3. The number of hydrogen-bond donors (Lipinski definition) is 1. The standard InChI is InChI=1S/C21H24N4OS.C2H6/c1-6-15-9-18(24-26)16(12(2)3)10-17(15)20-11-23-21(27)25(20)19-7-8-22-14(5)13(19)4;1-2/h7-12H,6H2,1-5H3,(H,23,27);1-2H3. The number of hydrogen-bond acceptors (Lipinski definition) is 4. The minimum absolute atomic E-state index is 0.197. The zero-order chi connectivity index (χ0) is 21.7. The van der Waals surface area contributed by atoms with E-state index < -0.39 is 0 Å². The van der Waals surface area contributed by atoms with E-state index in [-0.39, 0.29) is 5.92 Å². The molecule has 0 fully saturated rings.